The molecule has 9 heteroatoms. The van der Waals surface area contributed by atoms with E-state index >= 15 is 0 Å². The topological polar surface area (TPSA) is 0 Å². The van der Waals surface area contributed by atoms with Gasteiger partial charge in [0.1, 0.15) is 0 Å². The summed E-state index contributed by atoms with van der Waals surface area (Å²) in [6.07, 6.45) is 0.880. The van der Waals surface area contributed by atoms with Crippen molar-refractivity contribution in [2.45, 2.75) is 95.5 Å². The van der Waals surface area contributed by atoms with Gasteiger partial charge in [-0.25, -0.2) is 0 Å². The Morgan fingerprint density at radius 2 is 1.00 bits per heavy atom. The zero-order valence-electron chi connectivity index (χ0n) is 34.0. The summed E-state index contributed by atoms with van der Waals surface area (Å²) in [5.74, 6) is 0. The molecule has 0 aliphatic heterocycles. The summed E-state index contributed by atoms with van der Waals surface area (Å²) in [5, 5.41) is 0. The van der Waals surface area contributed by atoms with E-state index in [0.717, 1.165) is 27.5 Å². The Morgan fingerprint density at radius 3 is 1.34 bits per heavy atom. The third-order valence-corrected chi connectivity index (χ3v) is 20.6. The number of hydrogen-bond acceptors (Lipinski definition) is 0. The molecule has 4 aliphatic carbocycles. The maximum atomic E-state index is 14.0. The zero-order chi connectivity index (χ0) is 40.5. The van der Waals surface area contributed by atoms with Crippen LogP contribution in [0.15, 0.2) is 106 Å². The van der Waals surface area contributed by atoms with Crippen molar-refractivity contribution in [2.75, 3.05) is 0 Å². The number of hydrogen-bond donors (Lipinski definition) is 0. The molecule has 0 saturated carbocycles. The van der Waals surface area contributed by atoms with Gasteiger partial charge in [-0.3, -0.25) is 0 Å². The molecule has 0 spiro atoms. The average molecular weight is 911 g/mol. The number of benzene rings is 4. The summed E-state index contributed by atoms with van der Waals surface area (Å²) in [7, 11) is 0. The van der Waals surface area contributed by atoms with E-state index in [-0.39, 0.29) is 44.7 Å². The Labute approximate surface area is 358 Å². The van der Waals surface area contributed by atoms with E-state index < -0.39 is 44.7 Å². The van der Waals surface area contributed by atoms with Crippen molar-refractivity contribution in [3.8, 4) is 11.1 Å². The van der Waals surface area contributed by atoms with Gasteiger partial charge in [-0.2, -0.15) is 0 Å². The van der Waals surface area contributed by atoms with E-state index in [2.05, 4.69) is 111 Å². The van der Waals surface area contributed by atoms with Crippen LogP contribution in [0.25, 0.3) is 22.3 Å². The van der Waals surface area contributed by atoms with Crippen LogP contribution in [-0.4, -0.2) is 3.21 Å². The first-order valence-corrected chi connectivity index (χ1v) is 23.1. The van der Waals surface area contributed by atoms with Crippen LogP contribution in [0.5, 0.6) is 0 Å². The van der Waals surface area contributed by atoms with Gasteiger partial charge >= 0.3 is 336 Å². The molecule has 0 atom stereocenters. The van der Waals surface area contributed by atoms with Crippen molar-refractivity contribution in [1.82, 2.24) is 0 Å². The van der Waals surface area contributed by atoms with Gasteiger partial charge in [0.25, 0.3) is 0 Å². The molecule has 0 aromatic heterocycles. The SMILES string of the molecule is CC1=CC(C)(C)c2cc3c(cc21)-c1cc2c(cc1[CH]3[Zr+2]([C]1=CC(C(C)(C)C)=CC1)=[C](c1ccc(C(F)(F)F)cc1)c1ccc(C(F)(F)F)cc1)C(C)(C)C=C2C.[Cl-].[Cl-]. The monoisotopic (exact) mass is 908 g/mol. The van der Waals surface area contributed by atoms with Crippen LogP contribution < -0.4 is 24.8 Å². The van der Waals surface area contributed by atoms with Gasteiger partial charge < -0.3 is 24.8 Å². The van der Waals surface area contributed by atoms with Crippen LogP contribution in [0.3, 0.4) is 0 Å². The van der Waals surface area contributed by atoms with Crippen molar-refractivity contribution in [3.05, 3.63) is 162 Å². The molecular formula is C49H46Cl2F6Zr. The molecule has 0 nitrogen and oxygen atoms in total. The first kappa shape index (κ1) is 44.3. The molecule has 302 valence electrons. The van der Waals surface area contributed by atoms with Gasteiger partial charge in [-0.1, -0.05) is 0 Å². The molecular weight excluding hydrogens is 865 g/mol. The standard InChI is InChI=1S/C25H25.C15H8F6.C9H13.2ClH.Zr/c1-14-12-24(3,4)22-8-16-7-17-9-23-19(15(2)13-25(23,5)6)11-21(17)20(16)10-18(14)22;16-14(17,18)12-5-1-10(2-6-12)9-11-3-7-13(8-4-11)15(19,20)21;1-9(2,3)8-6-4-5-7-8;;;/h7-13H,1-6H3;1-8H;6-7H,4H2,1-3H3;2*1H;/q;;;;;+2/p-2. The normalized spacial score (nSPS) is 17.3. The van der Waals surface area contributed by atoms with E-state index in [9.17, 15) is 26.3 Å². The maximum absolute atomic E-state index is 14.0. The second-order valence-electron chi connectivity index (χ2n) is 18.2. The van der Waals surface area contributed by atoms with Crippen LogP contribution >= 0.6 is 0 Å². The quantitative estimate of drug-likeness (QED) is 0.181. The minimum atomic E-state index is -4.53. The molecule has 0 unspecified atom stereocenters. The second-order valence-corrected chi connectivity index (χ2v) is 24.5. The second kappa shape index (κ2) is 14.7. The van der Waals surface area contributed by atoms with E-state index in [4.69, 9.17) is 0 Å². The summed E-state index contributed by atoms with van der Waals surface area (Å²) >= 11 is -3.57. The van der Waals surface area contributed by atoms with Gasteiger partial charge in [0.2, 0.25) is 0 Å². The Hall–Kier alpha value is -3.25. The predicted molar refractivity (Wildman–Crippen MR) is 213 cm³/mol. The molecule has 4 aromatic rings. The molecule has 0 amide bonds. The van der Waals surface area contributed by atoms with Crippen LogP contribution in [0.1, 0.15) is 128 Å². The molecule has 0 saturated heterocycles. The van der Waals surface area contributed by atoms with Gasteiger partial charge in [-0.15, -0.1) is 0 Å². The number of alkyl halides is 6. The largest absolute Gasteiger partial charge is 1.00 e. The first-order valence-electron chi connectivity index (χ1n) is 19.2. The summed E-state index contributed by atoms with van der Waals surface area (Å²) in [6, 6.07) is 20.1. The van der Waals surface area contributed by atoms with Crippen molar-refractivity contribution in [1.29, 1.82) is 0 Å². The third kappa shape index (κ3) is 7.45. The van der Waals surface area contributed by atoms with Gasteiger partial charge in [0.05, 0.1) is 0 Å². The fourth-order valence-electron chi connectivity index (χ4n) is 9.62. The van der Waals surface area contributed by atoms with E-state index in [1.165, 1.54) is 64.5 Å². The predicted octanol–water partition coefficient (Wildman–Crippen LogP) is 8.34. The molecule has 0 fully saturated rings. The summed E-state index contributed by atoms with van der Waals surface area (Å²) in [4.78, 5) is 0. The summed E-state index contributed by atoms with van der Waals surface area (Å²) in [5.41, 5.74) is 12.6. The fraction of sp³-hybridized carbons (Fsp3) is 0.327. The molecule has 8 rings (SSSR count). The van der Waals surface area contributed by atoms with Crippen molar-refractivity contribution < 1.29 is 72.4 Å². The number of allylic oxidation sites excluding steroid dienone is 8. The number of fused-ring (bicyclic) bond motifs is 5. The smallest absolute Gasteiger partial charge is 1.00 e. The molecule has 0 heterocycles. The van der Waals surface area contributed by atoms with E-state index in [1.54, 1.807) is 24.3 Å². The fourth-order valence-corrected chi connectivity index (χ4v) is 18.6. The van der Waals surface area contributed by atoms with Crippen LogP contribution in [0.2, 0.25) is 0 Å². The zero-order valence-corrected chi connectivity index (χ0v) is 38.0. The van der Waals surface area contributed by atoms with Crippen LogP contribution in [-0.2, 0) is 44.4 Å². The molecule has 0 N–H and O–H groups in total. The van der Waals surface area contributed by atoms with E-state index in [1.807, 2.05) is 0 Å². The Bertz CT molecular complexity index is 2350. The van der Waals surface area contributed by atoms with Gasteiger partial charge in [0, 0.05) is 0 Å². The van der Waals surface area contributed by atoms with Crippen molar-refractivity contribution >= 4 is 14.4 Å². The maximum Gasteiger partial charge on any atom is -1.00 e. The average Bonchev–Trinajstić information content (AvgIpc) is 3.82. The minimum Gasteiger partial charge on any atom is -1.00 e. The Morgan fingerprint density at radius 1 is 0.603 bits per heavy atom. The molecule has 0 bridgehead atoms. The Balaban J connectivity index is 0.00000283. The van der Waals surface area contributed by atoms with Crippen LogP contribution in [0.4, 0.5) is 26.3 Å². The summed E-state index contributed by atoms with van der Waals surface area (Å²) < 4.78 is 86.1. The number of rotatable bonds is 4. The molecule has 58 heavy (non-hydrogen) atoms. The summed E-state index contributed by atoms with van der Waals surface area (Å²) in [6.45, 7) is 19.8. The van der Waals surface area contributed by atoms with Crippen molar-refractivity contribution in [2.24, 2.45) is 5.41 Å². The minimum absolute atomic E-state index is 0. The molecule has 4 aliphatic rings. The van der Waals surface area contributed by atoms with E-state index in [0.29, 0.717) is 17.5 Å². The van der Waals surface area contributed by atoms with Gasteiger partial charge in [-0.05, 0) is 0 Å². The number of halogens is 8. The first-order chi connectivity index (χ1) is 26.0. The van der Waals surface area contributed by atoms with Crippen molar-refractivity contribution in [3.63, 3.8) is 0 Å². The molecule has 4 aromatic carbocycles. The Kier molecular flexibility index (Phi) is 11.3. The van der Waals surface area contributed by atoms with Gasteiger partial charge in [0.15, 0.2) is 0 Å². The third-order valence-electron chi connectivity index (χ3n) is 12.3. The van der Waals surface area contributed by atoms with Crippen LogP contribution in [0, 0.1) is 5.41 Å². The molecule has 0 radical (unpaired) electrons.